The molecule has 0 unspecified atom stereocenters. The average molecular weight is 447 g/mol. The summed E-state index contributed by atoms with van der Waals surface area (Å²) in [5, 5.41) is 11.7. The maximum absolute atomic E-state index is 13.3. The number of nitrogens with zero attached hydrogens (tertiary/aromatic N) is 6. The molecule has 1 aromatic carbocycles. The predicted octanol–water partition coefficient (Wildman–Crippen LogP) is 4.12. The third-order valence-corrected chi connectivity index (χ3v) is 5.98. The number of thiazole rings is 1. The molecule has 3 N–H and O–H groups in total. The lowest BCUT2D eigenvalue weighted by Crippen LogP contribution is -2.24. The summed E-state index contributed by atoms with van der Waals surface area (Å²) >= 11 is 1.38. The van der Waals surface area contributed by atoms with Crippen molar-refractivity contribution >= 4 is 50.1 Å². The van der Waals surface area contributed by atoms with E-state index in [9.17, 15) is 4.79 Å². The van der Waals surface area contributed by atoms with Gasteiger partial charge in [-0.05, 0) is 39.8 Å². The molecule has 1 amide bonds. The fourth-order valence-electron chi connectivity index (χ4n) is 3.70. The molecule has 0 saturated carbocycles. The lowest BCUT2D eigenvalue weighted by atomic mass is 10.1. The summed E-state index contributed by atoms with van der Waals surface area (Å²) in [6, 6.07) is 9.60. The fraction of sp³-hybridized carbons (Fsp3) is 0.227. The number of nitrogens with two attached hydrogens (primary N) is 1. The Morgan fingerprint density at radius 1 is 1.19 bits per heavy atom. The number of rotatable bonds is 3. The van der Waals surface area contributed by atoms with Crippen molar-refractivity contribution < 1.29 is 4.79 Å². The van der Waals surface area contributed by atoms with Gasteiger partial charge < -0.3 is 5.73 Å². The van der Waals surface area contributed by atoms with E-state index in [1.165, 1.54) is 17.7 Å². The first-order chi connectivity index (χ1) is 15.2. The van der Waals surface area contributed by atoms with E-state index in [4.69, 9.17) is 10.8 Å². The summed E-state index contributed by atoms with van der Waals surface area (Å²) in [4.78, 5) is 26.3. The van der Waals surface area contributed by atoms with Gasteiger partial charge in [-0.2, -0.15) is 5.10 Å². The van der Waals surface area contributed by atoms with Gasteiger partial charge >= 0.3 is 0 Å². The molecule has 0 bridgehead atoms. The Kier molecular flexibility index (Phi) is 4.48. The van der Waals surface area contributed by atoms with Crippen LogP contribution >= 0.6 is 11.3 Å². The van der Waals surface area contributed by atoms with Crippen molar-refractivity contribution in [2.75, 3.05) is 11.1 Å². The zero-order valence-corrected chi connectivity index (χ0v) is 18.9. The molecule has 0 fully saturated rings. The van der Waals surface area contributed by atoms with Crippen LogP contribution in [-0.4, -0.2) is 35.2 Å². The normalized spacial score (nSPS) is 12.0. The number of aromatic nitrogens is 6. The van der Waals surface area contributed by atoms with Crippen LogP contribution in [0.5, 0.6) is 0 Å². The third kappa shape index (κ3) is 3.19. The summed E-state index contributed by atoms with van der Waals surface area (Å²) in [5.41, 5.74) is 8.64. The molecule has 0 saturated heterocycles. The van der Waals surface area contributed by atoms with Gasteiger partial charge in [0.15, 0.2) is 16.6 Å². The molecule has 0 aliphatic rings. The minimum Gasteiger partial charge on any atom is -0.383 e. The fourth-order valence-corrected chi connectivity index (χ4v) is 4.39. The largest absolute Gasteiger partial charge is 0.383 e. The van der Waals surface area contributed by atoms with E-state index in [0.717, 1.165) is 16.6 Å². The van der Waals surface area contributed by atoms with E-state index in [-0.39, 0.29) is 11.4 Å². The number of fused-ring (bicyclic) bond motifs is 2. The zero-order valence-electron chi connectivity index (χ0n) is 18.1. The first-order valence-corrected chi connectivity index (χ1v) is 11.0. The van der Waals surface area contributed by atoms with Crippen LogP contribution in [0.2, 0.25) is 0 Å². The lowest BCUT2D eigenvalue weighted by Gasteiger charge is -2.19. The predicted molar refractivity (Wildman–Crippen MR) is 126 cm³/mol. The SMILES string of the molecule is Cc1csc(NC(=O)c2cc3ccccc3n2-c2nn(C(C)(C)C)c3ncnc(N)c23)n1. The molecule has 10 heteroatoms. The van der Waals surface area contributed by atoms with Crippen LogP contribution in [0.15, 0.2) is 42.0 Å². The Bertz CT molecular complexity index is 1490. The van der Waals surface area contributed by atoms with Crippen molar-refractivity contribution in [2.45, 2.75) is 33.2 Å². The van der Waals surface area contributed by atoms with Crippen molar-refractivity contribution in [3.63, 3.8) is 0 Å². The standard InChI is InChI=1S/C22H22N8OS/c1-12-10-32-21(26-12)27-20(31)15-9-13-7-5-6-8-14(13)29(15)19-16-17(23)24-11-25-18(16)30(28-19)22(2,3)4/h5-11H,1-4H3,(H2,23,24,25)(H,26,27,31). The molecule has 9 nitrogen and oxygen atoms in total. The van der Waals surface area contributed by atoms with E-state index >= 15 is 0 Å². The van der Waals surface area contributed by atoms with Crippen LogP contribution in [-0.2, 0) is 5.54 Å². The molecule has 32 heavy (non-hydrogen) atoms. The van der Waals surface area contributed by atoms with Crippen molar-refractivity contribution in [1.29, 1.82) is 0 Å². The minimum absolute atomic E-state index is 0.288. The number of aryl methyl sites for hydroxylation is 1. The van der Waals surface area contributed by atoms with Gasteiger partial charge in [0.2, 0.25) is 0 Å². The highest BCUT2D eigenvalue weighted by atomic mass is 32.1. The number of para-hydroxylation sites is 1. The number of carbonyl (C=O) groups excluding carboxylic acids is 1. The number of anilines is 2. The lowest BCUT2D eigenvalue weighted by molar-refractivity contribution is 0.102. The number of carbonyl (C=O) groups is 1. The van der Waals surface area contributed by atoms with Gasteiger partial charge in [-0.25, -0.2) is 19.6 Å². The molecule has 0 aliphatic heterocycles. The van der Waals surface area contributed by atoms with E-state index < -0.39 is 0 Å². The van der Waals surface area contributed by atoms with Crippen molar-refractivity contribution in [3.05, 3.63) is 53.4 Å². The average Bonchev–Trinajstić information content (AvgIpc) is 3.42. The van der Waals surface area contributed by atoms with Crippen molar-refractivity contribution in [2.24, 2.45) is 0 Å². The monoisotopic (exact) mass is 446 g/mol. The minimum atomic E-state index is -0.360. The Labute approximate surface area is 187 Å². The number of benzene rings is 1. The van der Waals surface area contributed by atoms with Gasteiger partial charge in [-0.15, -0.1) is 11.3 Å². The molecule has 0 atom stereocenters. The van der Waals surface area contributed by atoms with Gasteiger partial charge in [0.1, 0.15) is 23.2 Å². The van der Waals surface area contributed by atoms with Gasteiger partial charge in [-0.1, -0.05) is 18.2 Å². The first-order valence-electron chi connectivity index (χ1n) is 10.1. The van der Waals surface area contributed by atoms with E-state index in [2.05, 4.69) is 20.3 Å². The van der Waals surface area contributed by atoms with Crippen LogP contribution in [0.1, 0.15) is 37.0 Å². The van der Waals surface area contributed by atoms with Gasteiger partial charge in [0.05, 0.1) is 16.7 Å². The summed E-state index contributed by atoms with van der Waals surface area (Å²) in [5.74, 6) is 0.527. The maximum atomic E-state index is 13.3. The summed E-state index contributed by atoms with van der Waals surface area (Å²) in [6.07, 6.45) is 1.43. The topological polar surface area (TPSA) is 117 Å². The second kappa shape index (κ2) is 7.13. The molecule has 0 spiro atoms. The summed E-state index contributed by atoms with van der Waals surface area (Å²) in [7, 11) is 0. The molecule has 0 radical (unpaired) electrons. The Balaban J connectivity index is 1.79. The molecule has 4 heterocycles. The number of hydrogen-bond acceptors (Lipinski definition) is 7. The van der Waals surface area contributed by atoms with Gasteiger partial charge in [0, 0.05) is 10.8 Å². The molecule has 5 aromatic rings. The molecular formula is C22H22N8OS. The van der Waals surface area contributed by atoms with Gasteiger partial charge in [0.25, 0.3) is 5.91 Å². The number of nitrogen functional groups attached to an aromatic ring is 1. The van der Waals surface area contributed by atoms with Crippen LogP contribution in [0.3, 0.4) is 0 Å². The highest BCUT2D eigenvalue weighted by Gasteiger charge is 2.27. The molecule has 5 rings (SSSR count). The van der Waals surface area contributed by atoms with Crippen LogP contribution in [0.4, 0.5) is 10.9 Å². The van der Waals surface area contributed by atoms with Crippen molar-refractivity contribution in [1.82, 2.24) is 29.3 Å². The number of hydrogen-bond donors (Lipinski definition) is 2. The van der Waals surface area contributed by atoms with Crippen LogP contribution in [0, 0.1) is 6.92 Å². The molecular weight excluding hydrogens is 424 g/mol. The Morgan fingerprint density at radius 3 is 2.69 bits per heavy atom. The quantitative estimate of drug-likeness (QED) is 0.430. The molecule has 162 valence electrons. The first kappa shape index (κ1) is 20.1. The highest BCUT2D eigenvalue weighted by molar-refractivity contribution is 7.13. The molecule has 0 aliphatic carbocycles. The molecule has 4 aromatic heterocycles. The van der Waals surface area contributed by atoms with E-state index in [0.29, 0.717) is 33.5 Å². The van der Waals surface area contributed by atoms with Gasteiger partial charge in [-0.3, -0.25) is 14.7 Å². The third-order valence-electron chi connectivity index (χ3n) is 5.11. The van der Waals surface area contributed by atoms with E-state index in [1.54, 1.807) is 0 Å². The Hall–Kier alpha value is -3.79. The second-order valence-corrected chi connectivity index (χ2v) is 9.39. The zero-order chi connectivity index (χ0) is 22.6. The second-order valence-electron chi connectivity index (χ2n) is 8.54. The Morgan fingerprint density at radius 2 is 1.97 bits per heavy atom. The van der Waals surface area contributed by atoms with Crippen LogP contribution in [0.25, 0.3) is 27.8 Å². The summed E-state index contributed by atoms with van der Waals surface area (Å²) < 4.78 is 3.63. The van der Waals surface area contributed by atoms with Crippen LogP contribution < -0.4 is 11.1 Å². The van der Waals surface area contributed by atoms with E-state index in [1.807, 2.05) is 72.7 Å². The highest BCUT2D eigenvalue weighted by Crippen LogP contribution is 2.33. The smallest absolute Gasteiger partial charge is 0.274 e. The summed E-state index contributed by atoms with van der Waals surface area (Å²) in [6.45, 7) is 7.99. The number of amides is 1. The number of nitrogens with one attached hydrogen (secondary N) is 1. The maximum Gasteiger partial charge on any atom is 0.274 e. The van der Waals surface area contributed by atoms with Crippen molar-refractivity contribution in [3.8, 4) is 5.82 Å².